The molecular formula is C23H21Br2F3N2O4. The van der Waals surface area contributed by atoms with Gasteiger partial charge in [-0.25, -0.2) is 8.78 Å². The van der Waals surface area contributed by atoms with Gasteiger partial charge < -0.3 is 10.1 Å². The summed E-state index contributed by atoms with van der Waals surface area (Å²) in [6.45, 7) is 1.47. The highest BCUT2D eigenvalue weighted by Crippen LogP contribution is 2.40. The maximum Gasteiger partial charge on any atom is 0.305 e. The van der Waals surface area contributed by atoms with Crippen LogP contribution in [0.4, 0.5) is 24.5 Å². The van der Waals surface area contributed by atoms with E-state index in [9.17, 15) is 28.1 Å². The Hall–Kier alpha value is -2.92. The normalized spacial score (nSPS) is 15.8. The molecule has 0 spiro atoms. The predicted octanol–water partition coefficient (Wildman–Crippen LogP) is 7.74. The Labute approximate surface area is 211 Å². The lowest BCUT2D eigenvalue weighted by Crippen LogP contribution is -2.46. The van der Waals surface area contributed by atoms with Crippen molar-refractivity contribution in [2.45, 2.75) is 27.4 Å². The van der Waals surface area contributed by atoms with E-state index in [1.54, 1.807) is 18.2 Å². The SMILES string of the molecule is C.C.C[C@@]1(c2cc(F)cc(F)c2)Oc2ccc(Br)cc2NC1=O.O=[N+]([O-])c1cc(Br)ccc1F. The number of rotatable bonds is 2. The Balaban J connectivity index is 0.000000382. The van der Waals surface area contributed by atoms with Gasteiger partial charge in [0.05, 0.1) is 10.6 Å². The van der Waals surface area contributed by atoms with Gasteiger partial charge in [-0.2, -0.15) is 4.39 Å². The fourth-order valence-electron chi connectivity index (χ4n) is 2.84. The Morgan fingerprint density at radius 2 is 1.50 bits per heavy atom. The average molecular weight is 606 g/mol. The smallest absolute Gasteiger partial charge is 0.305 e. The molecule has 0 saturated carbocycles. The van der Waals surface area contributed by atoms with Crippen molar-refractivity contribution in [3.63, 3.8) is 0 Å². The number of nitro benzene ring substituents is 1. The number of halogens is 5. The Morgan fingerprint density at radius 3 is 2.06 bits per heavy atom. The lowest BCUT2D eigenvalue weighted by Gasteiger charge is -2.35. The number of ether oxygens (including phenoxy) is 1. The van der Waals surface area contributed by atoms with Crippen LogP contribution in [0.3, 0.4) is 0 Å². The molecule has 182 valence electrons. The van der Waals surface area contributed by atoms with E-state index >= 15 is 0 Å². The summed E-state index contributed by atoms with van der Waals surface area (Å²) < 4.78 is 46.3. The second-order valence-electron chi connectivity index (χ2n) is 6.74. The van der Waals surface area contributed by atoms with Crippen LogP contribution in [0.25, 0.3) is 0 Å². The van der Waals surface area contributed by atoms with Crippen molar-refractivity contribution in [2.75, 3.05) is 5.32 Å². The summed E-state index contributed by atoms with van der Waals surface area (Å²) in [7, 11) is 0. The number of hydrogen-bond donors (Lipinski definition) is 1. The van der Waals surface area contributed by atoms with E-state index in [1.807, 2.05) is 0 Å². The summed E-state index contributed by atoms with van der Waals surface area (Å²) in [5.41, 5.74) is -1.39. The minimum atomic E-state index is -1.50. The summed E-state index contributed by atoms with van der Waals surface area (Å²) >= 11 is 6.29. The molecule has 0 aromatic heterocycles. The highest BCUT2D eigenvalue weighted by molar-refractivity contribution is 9.10. The lowest BCUT2D eigenvalue weighted by atomic mass is 9.93. The van der Waals surface area contributed by atoms with Gasteiger partial charge in [0.1, 0.15) is 17.4 Å². The molecule has 4 rings (SSSR count). The number of fused-ring (bicyclic) bond motifs is 1. The number of hydrogen-bond acceptors (Lipinski definition) is 4. The number of nitrogens with one attached hydrogen (secondary N) is 1. The van der Waals surface area contributed by atoms with Gasteiger partial charge in [-0.15, -0.1) is 0 Å². The third-order valence-corrected chi connectivity index (χ3v) is 5.44. The highest BCUT2D eigenvalue weighted by atomic mass is 79.9. The molecule has 0 unspecified atom stereocenters. The van der Waals surface area contributed by atoms with E-state index in [-0.39, 0.29) is 20.4 Å². The van der Waals surface area contributed by atoms with Gasteiger partial charge in [-0.05, 0) is 49.4 Å². The van der Waals surface area contributed by atoms with E-state index in [2.05, 4.69) is 37.2 Å². The topological polar surface area (TPSA) is 81.5 Å². The van der Waals surface area contributed by atoms with E-state index < -0.39 is 39.6 Å². The number of nitro groups is 1. The van der Waals surface area contributed by atoms with Crippen LogP contribution in [0.2, 0.25) is 0 Å². The van der Waals surface area contributed by atoms with Crippen LogP contribution >= 0.6 is 31.9 Å². The molecule has 1 aliphatic heterocycles. The second kappa shape index (κ2) is 11.5. The third-order valence-electron chi connectivity index (χ3n) is 4.46. The molecular weight excluding hydrogens is 585 g/mol. The van der Waals surface area contributed by atoms with Crippen LogP contribution in [0.5, 0.6) is 5.75 Å². The van der Waals surface area contributed by atoms with Gasteiger partial charge >= 0.3 is 5.69 Å². The molecule has 1 atom stereocenters. The zero-order valence-electron chi connectivity index (χ0n) is 16.2. The molecule has 1 amide bonds. The van der Waals surface area contributed by atoms with E-state index in [0.717, 1.165) is 34.8 Å². The van der Waals surface area contributed by atoms with Crippen LogP contribution in [0.1, 0.15) is 27.3 Å². The minimum absolute atomic E-state index is 0. The highest BCUT2D eigenvalue weighted by Gasteiger charge is 2.42. The van der Waals surface area contributed by atoms with Gasteiger partial charge in [-0.1, -0.05) is 46.7 Å². The number of benzene rings is 3. The first kappa shape index (κ1) is 29.1. The quantitative estimate of drug-likeness (QED) is 0.239. The summed E-state index contributed by atoms with van der Waals surface area (Å²) in [5.74, 6) is -2.39. The van der Waals surface area contributed by atoms with Crippen LogP contribution in [-0.4, -0.2) is 10.8 Å². The van der Waals surface area contributed by atoms with E-state index in [1.165, 1.54) is 13.0 Å². The fraction of sp³-hybridized carbons (Fsp3) is 0.174. The Bertz CT molecular complexity index is 1210. The first-order chi connectivity index (χ1) is 15.0. The van der Waals surface area contributed by atoms with Crippen molar-refractivity contribution in [3.8, 4) is 5.75 Å². The summed E-state index contributed by atoms with van der Waals surface area (Å²) in [5, 5.41) is 12.8. The molecule has 1 aliphatic rings. The van der Waals surface area contributed by atoms with Crippen LogP contribution in [0.15, 0.2) is 63.5 Å². The van der Waals surface area contributed by atoms with Crippen molar-refractivity contribution in [1.82, 2.24) is 0 Å². The Morgan fingerprint density at radius 1 is 0.941 bits per heavy atom. The zero-order valence-corrected chi connectivity index (χ0v) is 19.3. The van der Waals surface area contributed by atoms with Crippen LogP contribution in [-0.2, 0) is 10.4 Å². The van der Waals surface area contributed by atoms with Crippen molar-refractivity contribution < 1.29 is 27.6 Å². The summed E-state index contributed by atoms with van der Waals surface area (Å²) in [4.78, 5) is 21.7. The lowest BCUT2D eigenvalue weighted by molar-refractivity contribution is -0.387. The first-order valence-electron chi connectivity index (χ1n) is 8.85. The maximum atomic E-state index is 13.4. The van der Waals surface area contributed by atoms with Crippen molar-refractivity contribution in [3.05, 3.63) is 96.7 Å². The fourth-order valence-corrected chi connectivity index (χ4v) is 3.55. The number of carbonyl (C=O) groups excluding carboxylic acids is 1. The monoisotopic (exact) mass is 604 g/mol. The van der Waals surface area contributed by atoms with Gasteiger partial charge in [0.15, 0.2) is 0 Å². The summed E-state index contributed by atoms with van der Waals surface area (Å²) in [6, 6.07) is 11.6. The molecule has 0 radical (unpaired) electrons. The molecule has 0 saturated heterocycles. The van der Waals surface area contributed by atoms with Crippen molar-refractivity contribution >= 4 is 49.1 Å². The second-order valence-corrected chi connectivity index (χ2v) is 8.57. The molecule has 6 nitrogen and oxygen atoms in total. The van der Waals surface area contributed by atoms with Gasteiger partial charge in [0.25, 0.3) is 5.91 Å². The van der Waals surface area contributed by atoms with Crippen molar-refractivity contribution in [1.29, 1.82) is 0 Å². The number of amides is 1. The van der Waals surface area contributed by atoms with E-state index in [0.29, 0.717) is 15.9 Å². The van der Waals surface area contributed by atoms with Crippen molar-refractivity contribution in [2.24, 2.45) is 0 Å². The molecule has 3 aromatic carbocycles. The molecule has 1 heterocycles. The minimum Gasteiger partial charge on any atom is -0.471 e. The van der Waals surface area contributed by atoms with Gasteiger partial charge in [0.2, 0.25) is 11.4 Å². The molecule has 0 fully saturated rings. The Kier molecular flexibility index (Phi) is 9.83. The van der Waals surface area contributed by atoms with Crippen LogP contribution in [0, 0.1) is 27.6 Å². The molecule has 11 heteroatoms. The molecule has 1 N–H and O–H groups in total. The van der Waals surface area contributed by atoms with Crippen LogP contribution < -0.4 is 10.1 Å². The largest absolute Gasteiger partial charge is 0.471 e. The first-order valence-corrected chi connectivity index (χ1v) is 10.4. The molecule has 3 aromatic rings. The van der Waals surface area contributed by atoms with Gasteiger partial charge in [0, 0.05) is 26.6 Å². The van der Waals surface area contributed by atoms with Gasteiger partial charge in [-0.3, -0.25) is 14.9 Å². The number of anilines is 1. The average Bonchev–Trinajstić information content (AvgIpc) is 2.70. The molecule has 34 heavy (non-hydrogen) atoms. The number of carbonyl (C=O) groups is 1. The molecule has 0 aliphatic carbocycles. The predicted molar refractivity (Wildman–Crippen MR) is 131 cm³/mol. The molecule has 0 bridgehead atoms. The third kappa shape index (κ3) is 6.35. The zero-order chi connectivity index (χ0) is 23.6. The standard InChI is InChI=1S/C15H10BrF2NO2.C6H3BrFNO2.2CH4/c1-15(8-4-10(17)7-11(18)5-8)14(20)19-12-6-9(16)2-3-13(12)21-15;7-4-1-2-5(8)6(3-4)9(10)11;;/h2-7H,1H3,(H,19,20);1-3H;2*1H4/t15-;;;/m0.../s1. The maximum absolute atomic E-state index is 13.4. The van der Waals surface area contributed by atoms with E-state index in [4.69, 9.17) is 4.74 Å². The summed E-state index contributed by atoms with van der Waals surface area (Å²) in [6.07, 6.45) is 0. The number of nitrogens with zero attached hydrogens (tertiary/aromatic N) is 1.